The van der Waals surface area contributed by atoms with E-state index in [0.717, 1.165) is 46.1 Å². The van der Waals surface area contributed by atoms with Gasteiger partial charge in [0.1, 0.15) is 5.65 Å². The largest absolute Gasteiger partial charge is 0.392 e. The lowest BCUT2D eigenvalue weighted by Crippen LogP contribution is -2.13. The van der Waals surface area contributed by atoms with Gasteiger partial charge in [-0.3, -0.25) is 9.89 Å². The van der Waals surface area contributed by atoms with Crippen LogP contribution in [0.3, 0.4) is 0 Å². The number of fused-ring (bicyclic) bond motifs is 2. The molecule has 1 aromatic carbocycles. The Hall–Kier alpha value is -3.19. The lowest BCUT2D eigenvalue weighted by atomic mass is 9.98. The van der Waals surface area contributed by atoms with Crippen LogP contribution in [-0.2, 0) is 11.4 Å². The van der Waals surface area contributed by atoms with Crippen molar-refractivity contribution in [3.63, 3.8) is 0 Å². The summed E-state index contributed by atoms with van der Waals surface area (Å²) in [7, 11) is 0. The molecule has 0 bridgehead atoms. The molecule has 3 N–H and O–H groups in total. The van der Waals surface area contributed by atoms with Crippen LogP contribution in [0.5, 0.6) is 0 Å². The number of nitrogens with zero attached hydrogens (tertiary/aromatic N) is 3. The average molecular weight is 347 g/mol. The topological polar surface area (TPSA) is 95.3 Å². The number of carbonyl (C=O) groups is 1. The normalized spacial score (nSPS) is 14.2. The second-order valence-electron chi connectivity index (χ2n) is 6.66. The molecule has 1 amide bonds. The number of benzene rings is 1. The van der Waals surface area contributed by atoms with E-state index in [-0.39, 0.29) is 18.4 Å². The van der Waals surface area contributed by atoms with Crippen molar-refractivity contribution in [2.75, 3.05) is 5.32 Å². The summed E-state index contributed by atoms with van der Waals surface area (Å²) in [5, 5.41) is 20.7. The van der Waals surface area contributed by atoms with Gasteiger partial charge in [0.05, 0.1) is 24.5 Å². The van der Waals surface area contributed by atoms with Crippen molar-refractivity contribution in [1.82, 2.24) is 19.6 Å². The summed E-state index contributed by atoms with van der Waals surface area (Å²) in [4.78, 5) is 16.4. The number of hydrogen-bond donors (Lipinski definition) is 3. The van der Waals surface area contributed by atoms with Gasteiger partial charge in [0.15, 0.2) is 5.82 Å². The molecule has 3 aromatic heterocycles. The molecule has 4 aromatic rings. The molecule has 1 fully saturated rings. The Morgan fingerprint density at radius 2 is 2.15 bits per heavy atom. The number of imidazole rings is 1. The number of pyridine rings is 1. The van der Waals surface area contributed by atoms with E-state index >= 15 is 0 Å². The Balaban J connectivity index is 1.59. The van der Waals surface area contributed by atoms with Crippen molar-refractivity contribution in [2.45, 2.75) is 19.4 Å². The smallest absolute Gasteiger partial charge is 0.228 e. The highest BCUT2D eigenvalue weighted by molar-refractivity contribution is 5.96. The Labute approximate surface area is 148 Å². The molecule has 0 unspecified atom stereocenters. The Morgan fingerprint density at radius 1 is 1.27 bits per heavy atom. The van der Waals surface area contributed by atoms with Gasteiger partial charge in [0, 0.05) is 17.5 Å². The van der Waals surface area contributed by atoms with E-state index in [1.165, 1.54) is 0 Å². The SMILES string of the molecule is O=C(Nc1cn2cc(-c3c(CO)ccc4[nH]ncc34)ccc2n1)C1CC1. The zero-order valence-electron chi connectivity index (χ0n) is 13.9. The zero-order valence-corrected chi connectivity index (χ0v) is 13.9. The third-order valence-electron chi connectivity index (χ3n) is 4.82. The maximum atomic E-state index is 11.9. The fraction of sp³-hybridized carbons (Fsp3) is 0.211. The number of aliphatic hydroxyl groups excluding tert-OH is 1. The molecule has 0 aliphatic heterocycles. The lowest BCUT2D eigenvalue weighted by molar-refractivity contribution is -0.117. The standard InChI is InChI=1S/C19H17N5O2/c25-10-13-3-5-15-14(7-20-23-15)18(13)12-4-6-17-21-16(9-24(17)8-12)22-19(26)11-1-2-11/h3-9,11,25H,1-2,10H2,(H,20,23)(H,22,26). The van der Waals surface area contributed by atoms with Gasteiger partial charge in [-0.1, -0.05) is 6.07 Å². The van der Waals surface area contributed by atoms with E-state index < -0.39 is 0 Å². The first kappa shape index (κ1) is 15.1. The maximum absolute atomic E-state index is 11.9. The van der Waals surface area contributed by atoms with Crippen molar-refractivity contribution in [3.8, 4) is 11.1 Å². The number of hydrogen-bond acceptors (Lipinski definition) is 4. The second kappa shape index (κ2) is 5.67. The van der Waals surface area contributed by atoms with Gasteiger partial charge in [0.2, 0.25) is 5.91 Å². The van der Waals surface area contributed by atoms with Gasteiger partial charge in [-0.25, -0.2) is 4.98 Å². The van der Waals surface area contributed by atoms with E-state index in [1.54, 1.807) is 6.20 Å². The molecule has 0 radical (unpaired) electrons. The summed E-state index contributed by atoms with van der Waals surface area (Å²) in [5.74, 6) is 0.739. The second-order valence-corrected chi connectivity index (χ2v) is 6.66. The Kier molecular flexibility index (Phi) is 3.29. The number of H-pyrrole nitrogens is 1. The molecular weight excluding hydrogens is 330 g/mol. The monoisotopic (exact) mass is 347 g/mol. The van der Waals surface area contributed by atoms with Crippen LogP contribution in [0.1, 0.15) is 18.4 Å². The average Bonchev–Trinajstić information content (AvgIpc) is 3.26. The number of aromatic nitrogens is 4. The number of aromatic amines is 1. The minimum Gasteiger partial charge on any atom is -0.392 e. The third kappa shape index (κ3) is 2.44. The van der Waals surface area contributed by atoms with E-state index in [2.05, 4.69) is 20.5 Å². The molecule has 0 atom stereocenters. The molecule has 1 saturated carbocycles. The van der Waals surface area contributed by atoms with Crippen LogP contribution in [-0.4, -0.2) is 30.6 Å². The summed E-state index contributed by atoms with van der Waals surface area (Å²) >= 11 is 0. The predicted molar refractivity (Wildman–Crippen MR) is 97.6 cm³/mol. The minimum atomic E-state index is -0.0544. The zero-order chi connectivity index (χ0) is 17.7. The summed E-state index contributed by atoms with van der Waals surface area (Å²) in [6, 6.07) is 7.69. The highest BCUT2D eigenvalue weighted by atomic mass is 16.3. The lowest BCUT2D eigenvalue weighted by Gasteiger charge is -2.09. The fourth-order valence-corrected chi connectivity index (χ4v) is 3.31. The Morgan fingerprint density at radius 3 is 2.96 bits per heavy atom. The van der Waals surface area contributed by atoms with Crippen LogP contribution in [0.15, 0.2) is 42.9 Å². The van der Waals surface area contributed by atoms with Crippen molar-refractivity contribution < 1.29 is 9.90 Å². The summed E-state index contributed by atoms with van der Waals surface area (Å²) < 4.78 is 1.89. The van der Waals surface area contributed by atoms with E-state index in [9.17, 15) is 9.90 Å². The Bertz CT molecular complexity index is 1140. The van der Waals surface area contributed by atoms with Gasteiger partial charge in [0.25, 0.3) is 0 Å². The molecule has 3 heterocycles. The van der Waals surface area contributed by atoms with Crippen LogP contribution >= 0.6 is 0 Å². The number of amides is 1. The molecule has 0 spiro atoms. The van der Waals surface area contributed by atoms with Crippen LogP contribution < -0.4 is 5.32 Å². The third-order valence-corrected chi connectivity index (χ3v) is 4.82. The summed E-state index contributed by atoms with van der Waals surface area (Å²) in [6.07, 6.45) is 7.45. The first-order valence-corrected chi connectivity index (χ1v) is 8.59. The number of nitrogens with one attached hydrogen (secondary N) is 2. The van der Waals surface area contributed by atoms with Gasteiger partial charge >= 0.3 is 0 Å². The summed E-state index contributed by atoms with van der Waals surface area (Å²) in [6.45, 7) is -0.0544. The molecule has 26 heavy (non-hydrogen) atoms. The van der Waals surface area contributed by atoms with Gasteiger partial charge < -0.3 is 14.8 Å². The molecule has 5 rings (SSSR count). The van der Waals surface area contributed by atoms with Crippen LogP contribution in [0, 0.1) is 5.92 Å². The minimum absolute atomic E-state index is 0.0411. The van der Waals surface area contributed by atoms with Crippen molar-refractivity contribution in [3.05, 3.63) is 48.4 Å². The molecule has 0 saturated heterocycles. The molecule has 7 nitrogen and oxygen atoms in total. The van der Waals surface area contributed by atoms with Crippen molar-refractivity contribution in [2.24, 2.45) is 5.92 Å². The fourth-order valence-electron chi connectivity index (χ4n) is 3.31. The molecule has 7 heteroatoms. The quantitative estimate of drug-likeness (QED) is 0.529. The number of aliphatic hydroxyl groups is 1. The van der Waals surface area contributed by atoms with Gasteiger partial charge in [-0.2, -0.15) is 5.10 Å². The van der Waals surface area contributed by atoms with E-state index in [4.69, 9.17) is 0 Å². The van der Waals surface area contributed by atoms with Crippen LogP contribution in [0.4, 0.5) is 5.82 Å². The van der Waals surface area contributed by atoms with Gasteiger partial charge in [-0.15, -0.1) is 0 Å². The predicted octanol–water partition coefficient (Wildman–Crippen LogP) is 2.72. The first-order valence-electron chi connectivity index (χ1n) is 8.59. The first-order chi connectivity index (χ1) is 12.7. The van der Waals surface area contributed by atoms with E-state index in [1.807, 2.05) is 41.1 Å². The highest BCUT2D eigenvalue weighted by Crippen LogP contribution is 2.32. The van der Waals surface area contributed by atoms with Crippen LogP contribution in [0.25, 0.3) is 27.7 Å². The number of rotatable bonds is 4. The maximum Gasteiger partial charge on any atom is 0.228 e. The number of carbonyl (C=O) groups excluding carboxylic acids is 1. The molecule has 1 aliphatic carbocycles. The van der Waals surface area contributed by atoms with Crippen molar-refractivity contribution in [1.29, 1.82) is 0 Å². The molecule has 130 valence electrons. The summed E-state index contributed by atoms with van der Waals surface area (Å²) in [5.41, 5.74) is 4.40. The van der Waals surface area contributed by atoms with Crippen LogP contribution in [0.2, 0.25) is 0 Å². The molecule has 1 aliphatic rings. The highest BCUT2D eigenvalue weighted by Gasteiger charge is 2.30. The van der Waals surface area contributed by atoms with E-state index in [0.29, 0.717) is 5.82 Å². The van der Waals surface area contributed by atoms with Gasteiger partial charge in [-0.05, 0) is 47.7 Å². The van der Waals surface area contributed by atoms with Crippen molar-refractivity contribution >= 4 is 28.3 Å². The number of anilines is 1. The molecular formula is C19H17N5O2.